The van der Waals surface area contributed by atoms with Gasteiger partial charge in [0.25, 0.3) is 0 Å². The van der Waals surface area contributed by atoms with Crippen molar-refractivity contribution in [1.29, 1.82) is 0 Å². The Morgan fingerprint density at radius 3 is 1.91 bits per heavy atom. The van der Waals surface area contributed by atoms with Gasteiger partial charge >= 0.3 is 0 Å². The molecule has 5 heteroatoms. The van der Waals surface area contributed by atoms with Crippen molar-refractivity contribution in [2.75, 3.05) is 0 Å². The summed E-state index contributed by atoms with van der Waals surface area (Å²) in [6.45, 7) is 7.95. The van der Waals surface area contributed by atoms with Crippen LogP contribution in [-0.4, -0.2) is 19.5 Å². The van der Waals surface area contributed by atoms with Crippen molar-refractivity contribution < 1.29 is 4.42 Å². The van der Waals surface area contributed by atoms with E-state index in [1.165, 1.54) is 32.3 Å². The molecular formula is C53H34N4O. The fraction of sp³-hybridized carbons (Fsp3) is 0. The Bertz CT molecular complexity index is 3450. The van der Waals surface area contributed by atoms with Gasteiger partial charge in [0.05, 0.1) is 11.0 Å². The molecule has 0 N–H and O–H groups in total. The van der Waals surface area contributed by atoms with Crippen molar-refractivity contribution in [3.63, 3.8) is 0 Å². The smallest absolute Gasteiger partial charge is 0.163 e. The Kier molecular flexibility index (Phi) is 7.73. The van der Waals surface area contributed by atoms with E-state index in [4.69, 9.17) is 9.40 Å². The van der Waals surface area contributed by atoms with Crippen molar-refractivity contribution in [2.45, 2.75) is 0 Å². The van der Waals surface area contributed by atoms with Gasteiger partial charge < -0.3 is 8.98 Å². The minimum atomic E-state index is 0.619. The van der Waals surface area contributed by atoms with E-state index >= 15 is 0 Å². The molecule has 0 saturated heterocycles. The number of benzene rings is 8. The first kappa shape index (κ1) is 33.4. The van der Waals surface area contributed by atoms with Crippen molar-refractivity contribution in [1.82, 2.24) is 19.5 Å². The number of hydrogen-bond acceptors (Lipinski definition) is 4. The first-order chi connectivity index (χ1) is 28.7. The van der Waals surface area contributed by atoms with Gasteiger partial charge in [-0.05, 0) is 69.3 Å². The second-order valence-electron chi connectivity index (χ2n) is 14.5. The van der Waals surface area contributed by atoms with Crippen LogP contribution in [0.15, 0.2) is 188 Å². The lowest BCUT2D eigenvalue weighted by Crippen LogP contribution is -1.99. The molecule has 11 aromatic rings. The van der Waals surface area contributed by atoms with E-state index in [0.29, 0.717) is 11.6 Å². The van der Waals surface area contributed by atoms with Gasteiger partial charge in [0.1, 0.15) is 17.7 Å². The molecule has 5 nitrogen and oxygen atoms in total. The van der Waals surface area contributed by atoms with E-state index in [9.17, 15) is 0 Å². The number of fused-ring (bicyclic) bond motifs is 9. The summed E-state index contributed by atoms with van der Waals surface area (Å²) in [5, 5.41) is 8.28. The fourth-order valence-corrected chi connectivity index (χ4v) is 8.71. The van der Waals surface area contributed by atoms with E-state index in [2.05, 4.69) is 161 Å². The quantitative estimate of drug-likeness (QED) is 0.153. The van der Waals surface area contributed by atoms with E-state index in [1.807, 2.05) is 36.4 Å². The second kappa shape index (κ2) is 13.4. The van der Waals surface area contributed by atoms with Crippen LogP contribution in [0.3, 0.4) is 0 Å². The molecule has 11 rings (SSSR count). The summed E-state index contributed by atoms with van der Waals surface area (Å²) in [6.07, 6.45) is 5.17. The average molecular weight is 743 g/mol. The fourth-order valence-electron chi connectivity index (χ4n) is 8.71. The molecule has 0 spiro atoms. The van der Waals surface area contributed by atoms with Gasteiger partial charge in [0.15, 0.2) is 11.6 Å². The van der Waals surface area contributed by atoms with Crippen LogP contribution >= 0.6 is 0 Å². The van der Waals surface area contributed by atoms with Crippen molar-refractivity contribution >= 4 is 66.5 Å². The first-order valence-corrected chi connectivity index (χ1v) is 19.3. The Morgan fingerprint density at radius 1 is 0.466 bits per heavy atom. The second-order valence-corrected chi connectivity index (χ2v) is 14.5. The van der Waals surface area contributed by atoms with Crippen LogP contribution in [0.4, 0.5) is 0 Å². The highest BCUT2D eigenvalue weighted by molar-refractivity contribution is 6.33. The number of hydrogen-bond donors (Lipinski definition) is 0. The number of furan rings is 1. The van der Waals surface area contributed by atoms with Crippen LogP contribution in [-0.2, 0) is 0 Å². The van der Waals surface area contributed by atoms with Crippen LogP contribution < -0.4 is 0 Å². The molecule has 0 fully saturated rings. The number of nitrogens with zero attached hydrogens (tertiary/aromatic N) is 4. The molecule has 0 aliphatic rings. The Balaban J connectivity index is 1.18. The van der Waals surface area contributed by atoms with Gasteiger partial charge in [-0.1, -0.05) is 153 Å². The maximum absolute atomic E-state index is 6.21. The maximum Gasteiger partial charge on any atom is 0.163 e. The molecule has 0 aliphatic carbocycles. The lowest BCUT2D eigenvalue weighted by Gasteiger charge is -2.15. The van der Waals surface area contributed by atoms with Crippen LogP contribution in [0.1, 0.15) is 11.3 Å². The van der Waals surface area contributed by atoms with Gasteiger partial charge in [-0.15, -0.1) is 0 Å². The molecule has 0 aliphatic heterocycles. The molecule has 58 heavy (non-hydrogen) atoms. The topological polar surface area (TPSA) is 56.7 Å². The molecule has 3 heterocycles. The zero-order valence-electron chi connectivity index (χ0n) is 31.4. The third-order valence-corrected chi connectivity index (χ3v) is 11.3. The average Bonchev–Trinajstić information content (AvgIpc) is 3.85. The third kappa shape index (κ3) is 5.21. The molecule has 0 amide bonds. The highest BCUT2D eigenvalue weighted by atomic mass is 16.3. The predicted octanol–water partition coefficient (Wildman–Crippen LogP) is 14.0. The van der Waals surface area contributed by atoms with Crippen LogP contribution in [0, 0.1) is 0 Å². The Morgan fingerprint density at radius 2 is 1.10 bits per heavy atom. The Labute approximate surface area is 334 Å². The minimum absolute atomic E-state index is 0.619. The summed E-state index contributed by atoms with van der Waals surface area (Å²) in [5.74, 6) is 1.99. The summed E-state index contributed by atoms with van der Waals surface area (Å²) < 4.78 is 8.66. The molecule has 272 valence electrons. The number of para-hydroxylation sites is 1. The lowest BCUT2D eigenvalue weighted by molar-refractivity contribution is 0.603. The SMILES string of the molecule is C=Cc1oc2cc(-c3cccc(-c4cccc5c6c7ccccc7c7ccccc7c6n(-c6cccc(-c7ncnc(-c8ccccc8)n7)c6)c45)c3)ccc2c1C=C. The highest BCUT2D eigenvalue weighted by Crippen LogP contribution is 2.45. The van der Waals surface area contributed by atoms with Crippen LogP contribution in [0.5, 0.6) is 0 Å². The third-order valence-electron chi connectivity index (χ3n) is 11.3. The molecule has 0 saturated carbocycles. The zero-order valence-corrected chi connectivity index (χ0v) is 31.4. The number of rotatable bonds is 7. The molecule has 0 unspecified atom stereocenters. The van der Waals surface area contributed by atoms with Crippen molar-refractivity contribution in [2.24, 2.45) is 0 Å². The van der Waals surface area contributed by atoms with Crippen LogP contribution in [0.2, 0.25) is 0 Å². The van der Waals surface area contributed by atoms with E-state index in [0.717, 1.165) is 72.4 Å². The number of aromatic nitrogens is 4. The van der Waals surface area contributed by atoms with Crippen molar-refractivity contribution in [3.8, 4) is 50.7 Å². The lowest BCUT2D eigenvalue weighted by atomic mass is 9.95. The molecule has 0 bridgehead atoms. The Hall–Kier alpha value is -7.89. The van der Waals surface area contributed by atoms with Gasteiger partial charge in [0, 0.05) is 49.5 Å². The summed E-state index contributed by atoms with van der Waals surface area (Å²) in [5.41, 5.74) is 11.3. The predicted molar refractivity (Wildman–Crippen MR) is 241 cm³/mol. The standard InChI is InChI=1S/C53H34N4O/c1-3-39-43-28-27-35(31-48(43)58-47(39)4-2)34-17-12-18-36(29-34)40-25-14-26-46-49-44-23-10-8-21-41(44)42-22-9-11-24-45(42)51(49)57(50(40)46)38-20-13-19-37(30-38)53-55-32-54-52(56-53)33-15-6-5-7-16-33/h3-32H,1-2H2. The summed E-state index contributed by atoms with van der Waals surface area (Å²) in [7, 11) is 0. The molecule has 0 radical (unpaired) electrons. The van der Waals surface area contributed by atoms with E-state index in [-0.39, 0.29) is 0 Å². The molecule has 0 atom stereocenters. The largest absolute Gasteiger partial charge is 0.456 e. The van der Waals surface area contributed by atoms with Gasteiger partial charge in [-0.3, -0.25) is 0 Å². The normalized spacial score (nSPS) is 11.6. The van der Waals surface area contributed by atoms with Gasteiger partial charge in [-0.25, -0.2) is 15.0 Å². The van der Waals surface area contributed by atoms with Gasteiger partial charge in [0.2, 0.25) is 0 Å². The minimum Gasteiger partial charge on any atom is -0.456 e. The molecule has 3 aromatic heterocycles. The highest BCUT2D eigenvalue weighted by Gasteiger charge is 2.22. The molecular weight excluding hydrogens is 709 g/mol. The molecule has 8 aromatic carbocycles. The monoisotopic (exact) mass is 742 g/mol. The van der Waals surface area contributed by atoms with Crippen LogP contribution in [0.25, 0.3) is 117 Å². The van der Waals surface area contributed by atoms with Gasteiger partial charge in [-0.2, -0.15) is 0 Å². The summed E-state index contributed by atoms with van der Waals surface area (Å²) >= 11 is 0. The summed E-state index contributed by atoms with van der Waals surface area (Å²) in [4.78, 5) is 14.1. The zero-order chi connectivity index (χ0) is 38.7. The first-order valence-electron chi connectivity index (χ1n) is 19.3. The summed E-state index contributed by atoms with van der Waals surface area (Å²) in [6, 6.07) is 58.0. The van der Waals surface area contributed by atoms with E-state index < -0.39 is 0 Å². The maximum atomic E-state index is 6.21. The van der Waals surface area contributed by atoms with Crippen molar-refractivity contribution in [3.05, 3.63) is 195 Å². The van der Waals surface area contributed by atoms with E-state index in [1.54, 1.807) is 12.4 Å².